The average Bonchev–Trinajstić information content (AvgIpc) is 1.86. The van der Waals surface area contributed by atoms with Crippen LogP contribution in [0.2, 0.25) is 0 Å². The lowest BCUT2D eigenvalue weighted by Gasteiger charge is -2.63. The van der Waals surface area contributed by atoms with Gasteiger partial charge in [-0.05, 0) is 12.5 Å². The molecule has 0 saturated carbocycles. The zero-order chi connectivity index (χ0) is 7.85. The van der Waals surface area contributed by atoms with Gasteiger partial charge in [0.2, 0.25) is 0 Å². The first kappa shape index (κ1) is 8.15. The first-order valence-electron chi connectivity index (χ1n) is 3.94. The third-order valence-electron chi connectivity index (χ3n) is 2.73. The van der Waals surface area contributed by atoms with Gasteiger partial charge >= 0.3 is 0 Å². The maximum Gasteiger partial charge on any atom is 0.00382 e. The van der Waals surface area contributed by atoms with E-state index in [1.807, 2.05) is 0 Å². The van der Waals surface area contributed by atoms with Gasteiger partial charge in [0, 0.05) is 11.8 Å². The van der Waals surface area contributed by atoms with Gasteiger partial charge in [-0.25, -0.2) is 9.35 Å². The van der Waals surface area contributed by atoms with Gasteiger partial charge in [-0.1, -0.05) is 25.3 Å². The molecule has 0 aromatic rings. The maximum absolute atomic E-state index is 3.63. The number of hydrogen-bond donors (Lipinski definition) is 2. The Hall–Kier alpha value is 0.0500. The van der Waals surface area contributed by atoms with Crippen LogP contribution >= 0.6 is 9.35 Å². The van der Waals surface area contributed by atoms with E-state index in [0.29, 0.717) is 0 Å². The second-order valence-electron chi connectivity index (χ2n) is 3.93. The van der Waals surface area contributed by atoms with Crippen molar-refractivity contribution in [3.63, 3.8) is 0 Å². The minimum absolute atomic E-state index is 0.783. The van der Waals surface area contributed by atoms with E-state index in [4.69, 9.17) is 0 Å². The second kappa shape index (κ2) is 2.02. The van der Waals surface area contributed by atoms with Crippen LogP contribution in [0.3, 0.4) is 0 Å². The van der Waals surface area contributed by atoms with Crippen LogP contribution < -0.4 is 4.72 Å². The van der Waals surface area contributed by atoms with Crippen molar-refractivity contribution in [2.45, 2.75) is 19.1 Å². The number of hydrogen-bond acceptors (Lipinski definition) is 1. The number of nitrogens with one attached hydrogen (secondary N) is 1. The Kier molecular flexibility index (Phi) is 1.64. The molecular formula is C8H19NS. The molecule has 62 valence electrons. The predicted octanol–water partition coefficient (Wildman–Crippen LogP) is 1.76. The van der Waals surface area contributed by atoms with Crippen LogP contribution in [-0.4, -0.2) is 24.3 Å². The number of thiol groups is 1. The van der Waals surface area contributed by atoms with Gasteiger partial charge in [0.25, 0.3) is 0 Å². The molecule has 0 amide bonds. The Balaban J connectivity index is 2.74. The SMILES string of the molecule is CCN[SH]1(C)(C)C=CC1C. The fourth-order valence-corrected chi connectivity index (χ4v) is 4.15. The molecule has 1 N–H and O–H groups in total. The fourth-order valence-electron chi connectivity index (χ4n) is 1.38. The molecule has 1 unspecified atom stereocenters. The molecule has 1 aliphatic rings. The Morgan fingerprint density at radius 2 is 2.10 bits per heavy atom. The molecule has 1 rings (SSSR count). The molecule has 0 saturated heterocycles. The van der Waals surface area contributed by atoms with E-state index in [2.05, 4.69) is 42.6 Å². The van der Waals surface area contributed by atoms with Gasteiger partial charge in [0.1, 0.15) is 0 Å². The summed E-state index contributed by atoms with van der Waals surface area (Å²) in [6, 6.07) is 0. The van der Waals surface area contributed by atoms with Gasteiger partial charge in [0.05, 0.1) is 0 Å². The fraction of sp³-hybridized carbons (Fsp3) is 0.750. The highest BCUT2D eigenvalue weighted by Gasteiger charge is 2.37. The monoisotopic (exact) mass is 161 g/mol. The molecule has 2 heteroatoms. The molecule has 1 nitrogen and oxygen atoms in total. The van der Waals surface area contributed by atoms with Crippen molar-refractivity contribution in [1.29, 1.82) is 0 Å². The van der Waals surface area contributed by atoms with Crippen LogP contribution in [0.15, 0.2) is 11.5 Å². The zero-order valence-electron chi connectivity index (χ0n) is 7.39. The Bertz CT molecular complexity index is 172. The van der Waals surface area contributed by atoms with E-state index in [1.54, 1.807) is 0 Å². The molecule has 0 fully saturated rings. The van der Waals surface area contributed by atoms with E-state index in [1.165, 1.54) is 0 Å². The molecular weight excluding hydrogens is 142 g/mol. The van der Waals surface area contributed by atoms with Gasteiger partial charge in [-0.2, -0.15) is 0 Å². The highest BCUT2D eigenvalue weighted by Crippen LogP contribution is 2.70. The van der Waals surface area contributed by atoms with Crippen LogP contribution in [-0.2, 0) is 0 Å². The highest BCUT2D eigenvalue weighted by molar-refractivity contribution is 8.50. The summed E-state index contributed by atoms with van der Waals surface area (Å²) in [6.07, 6.45) is 7.08. The minimum atomic E-state index is -1.49. The summed E-state index contributed by atoms with van der Waals surface area (Å²) in [4.78, 5) is 0. The molecule has 1 heterocycles. The molecule has 0 aromatic heterocycles. The Labute approximate surface area is 64.3 Å². The van der Waals surface area contributed by atoms with Crippen LogP contribution in [0.1, 0.15) is 13.8 Å². The van der Waals surface area contributed by atoms with Crippen LogP contribution in [0.4, 0.5) is 0 Å². The van der Waals surface area contributed by atoms with E-state index >= 15 is 0 Å². The van der Waals surface area contributed by atoms with Crippen molar-refractivity contribution in [1.82, 2.24) is 4.72 Å². The lowest BCUT2D eigenvalue weighted by atomic mass is 10.5. The highest BCUT2D eigenvalue weighted by atomic mass is 32.3. The largest absolute Gasteiger partial charge is 0.293 e. The minimum Gasteiger partial charge on any atom is -0.293 e. The number of rotatable bonds is 2. The van der Waals surface area contributed by atoms with Crippen molar-refractivity contribution < 1.29 is 0 Å². The summed E-state index contributed by atoms with van der Waals surface area (Å²) < 4.78 is 3.63. The smallest absolute Gasteiger partial charge is 0.00382 e. The summed E-state index contributed by atoms with van der Waals surface area (Å²) in [5.74, 6) is 0. The molecule has 0 radical (unpaired) electrons. The second-order valence-corrected chi connectivity index (χ2v) is 10.0. The molecule has 0 aromatic carbocycles. The quantitative estimate of drug-likeness (QED) is 0.588. The van der Waals surface area contributed by atoms with E-state index < -0.39 is 9.35 Å². The van der Waals surface area contributed by atoms with Gasteiger partial charge in [-0.15, -0.1) is 0 Å². The Morgan fingerprint density at radius 1 is 1.50 bits per heavy atom. The average molecular weight is 161 g/mol. The van der Waals surface area contributed by atoms with Crippen LogP contribution in [0, 0.1) is 0 Å². The van der Waals surface area contributed by atoms with E-state index in [9.17, 15) is 0 Å². The zero-order valence-corrected chi connectivity index (χ0v) is 8.28. The lowest BCUT2D eigenvalue weighted by molar-refractivity contribution is 0.975. The predicted molar refractivity (Wildman–Crippen MR) is 53.1 cm³/mol. The first-order chi connectivity index (χ1) is 4.48. The third-order valence-corrected chi connectivity index (χ3v) is 7.82. The van der Waals surface area contributed by atoms with Crippen molar-refractivity contribution in [3.8, 4) is 0 Å². The maximum atomic E-state index is 3.63. The molecule has 10 heavy (non-hydrogen) atoms. The summed E-state index contributed by atoms with van der Waals surface area (Å²) in [5.41, 5.74) is 0. The van der Waals surface area contributed by atoms with Crippen LogP contribution in [0.25, 0.3) is 0 Å². The topological polar surface area (TPSA) is 12.0 Å². The molecule has 0 spiro atoms. The van der Waals surface area contributed by atoms with Gasteiger partial charge in [0.15, 0.2) is 0 Å². The summed E-state index contributed by atoms with van der Waals surface area (Å²) in [7, 11) is -1.49. The van der Waals surface area contributed by atoms with Gasteiger partial charge in [-0.3, -0.25) is 4.72 Å². The van der Waals surface area contributed by atoms with Crippen LogP contribution in [0.5, 0.6) is 0 Å². The summed E-state index contributed by atoms with van der Waals surface area (Å²) in [5, 5.41) is 3.17. The molecule has 1 aliphatic heterocycles. The molecule has 0 aliphatic carbocycles. The summed E-state index contributed by atoms with van der Waals surface area (Å²) >= 11 is 0. The standard InChI is InChI=1S/C8H19NS/c1-5-9-10(3,4)7-6-8(10)2/h6-10H,5H2,1-4H3. The summed E-state index contributed by atoms with van der Waals surface area (Å²) in [6.45, 7) is 5.58. The van der Waals surface area contributed by atoms with Crippen molar-refractivity contribution in [2.75, 3.05) is 19.1 Å². The third kappa shape index (κ3) is 0.995. The molecule has 0 bridgehead atoms. The van der Waals surface area contributed by atoms with E-state index in [-0.39, 0.29) is 0 Å². The van der Waals surface area contributed by atoms with Crippen molar-refractivity contribution >= 4 is 9.35 Å². The van der Waals surface area contributed by atoms with Gasteiger partial charge < -0.3 is 0 Å². The first-order valence-corrected chi connectivity index (χ1v) is 7.21. The Morgan fingerprint density at radius 3 is 2.20 bits per heavy atom. The van der Waals surface area contributed by atoms with Crippen molar-refractivity contribution in [2.24, 2.45) is 0 Å². The normalized spacial score (nSPS) is 37.6. The van der Waals surface area contributed by atoms with Crippen molar-refractivity contribution in [3.05, 3.63) is 11.5 Å². The molecule has 1 atom stereocenters. The lowest BCUT2D eigenvalue weighted by Crippen LogP contribution is -2.42. The van der Waals surface area contributed by atoms with E-state index in [0.717, 1.165) is 11.8 Å².